The van der Waals surface area contributed by atoms with Crippen LogP contribution in [0.25, 0.3) is 11.3 Å². The van der Waals surface area contributed by atoms with Crippen molar-refractivity contribution >= 4 is 35.1 Å². The quantitative estimate of drug-likeness (QED) is 0.779. The van der Waals surface area contributed by atoms with Crippen LogP contribution in [0.5, 0.6) is 5.88 Å². The number of carbonyl (C=O) groups is 2. The Labute approximate surface area is 140 Å². The number of carbonyl (C=O) groups excluding carboxylic acids is 2. The molecule has 0 atom stereocenters. The third kappa shape index (κ3) is 3.97. The minimum absolute atomic E-state index is 0.146. The Morgan fingerprint density at radius 2 is 1.74 bits per heavy atom. The Morgan fingerprint density at radius 1 is 1.13 bits per heavy atom. The van der Waals surface area contributed by atoms with E-state index in [2.05, 4.69) is 9.72 Å². The van der Waals surface area contributed by atoms with E-state index in [4.69, 9.17) is 27.9 Å². The van der Waals surface area contributed by atoms with Crippen molar-refractivity contribution in [1.82, 2.24) is 4.98 Å². The summed E-state index contributed by atoms with van der Waals surface area (Å²) in [6, 6.07) is 5.71. The molecular weight excluding hydrogens is 348 g/mol. The third-order valence-electron chi connectivity index (χ3n) is 2.73. The molecule has 1 aromatic heterocycles. The molecule has 1 heterocycles. The van der Waals surface area contributed by atoms with E-state index in [0.29, 0.717) is 15.6 Å². The van der Waals surface area contributed by atoms with Crippen molar-refractivity contribution in [2.45, 2.75) is 6.92 Å². The lowest BCUT2D eigenvalue weighted by Crippen LogP contribution is -2.11. The van der Waals surface area contributed by atoms with Crippen molar-refractivity contribution < 1.29 is 23.5 Å². The topological polar surface area (TPSA) is 65.5 Å². The van der Waals surface area contributed by atoms with Crippen LogP contribution in [0.4, 0.5) is 4.39 Å². The van der Waals surface area contributed by atoms with Gasteiger partial charge in [0.1, 0.15) is 5.56 Å². The average Bonchev–Trinajstić information content (AvgIpc) is 2.47. The summed E-state index contributed by atoms with van der Waals surface area (Å²) in [7, 11) is 1.10. The maximum Gasteiger partial charge on any atom is 0.341 e. The fourth-order valence-electron chi connectivity index (χ4n) is 1.82. The summed E-state index contributed by atoms with van der Waals surface area (Å²) in [5.74, 6) is -3.45. The lowest BCUT2D eigenvalue weighted by Gasteiger charge is -2.10. The number of pyridine rings is 1. The third-order valence-corrected chi connectivity index (χ3v) is 3.17. The number of halogens is 3. The molecule has 0 unspecified atom stereocenters. The van der Waals surface area contributed by atoms with Gasteiger partial charge in [-0.1, -0.05) is 23.2 Å². The number of esters is 2. The first kappa shape index (κ1) is 17.2. The lowest BCUT2D eigenvalue weighted by atomic mass is 10.1. The van der Waals surface area contributed by atoms with E-state index in [1.54, 1.807) is 0 Å². The molecule has 0 saturated carbocycles. The van der Waals surface area contributed by atoms with E-state index in [0.717, 1.165) is 20.1 Å². The van der Waals surface area contributed by atoms with Crippen molar-refractivity contribution in [2.75, 3.05) is 7.11 Å². The largest absolute Gasteiger partial charge is 0.465 e. The summed E-state index contributed by atoms with van der Waals surface area (Å²) in [6.07, 6.45) is 0. The van der Waals surface area contributed by atoms with Crippen LogP contribution in [0, 0.1) is 5.82 Å². The Balaban J connectivity index is 2.67. The van der Waals surface area contributed by atoms with Crippen LogP contribution in [0.2, 0.25) is 10.0 Å². The van der Waals surface area contributed by atoms with E-state index in [1.807, 2.05) is 0 Å². The number of ether oxygens (including phenoxy) is 2. The van der Waals surface area contributed by atoms with Crippen LogP contribution < -0.4 is 4.74 Å². The first-order valence-corrected chi connectivity index (χ1v) is 7.01. The van der Waals surface area contributed by atoms with Crippen molar-refractivity contribution in [3.05, 3.63) is 45.7 Å². The molecule has 0 fully saturated rings. The van der Waals surface area contributed by atoms with Gasteiger partial charge in [0.2, 0.25) is 0 Å². The van der Waals surface area contributed by atoms with Crippen molar-refractivity contribution in [2.24, 2.45) is 0 Å². The highest BCUT2D eigenvalue weighted by Gasteiger charge is 2.22. The van der Waals surface area contributed by atoms with Gasteiger partial charge in [-0.25, -0.2) is 14.2 Å². The molecule has 2 rings (SSSR count). The molecule has 8 heteroatoms. The van der Waals surface area contributed by atoms with Crippen LogP contribution in [0.15, 0.2) is 24.3 Å². The molecule has 0 aliphatic rings. The smallest absolute Gasteiger partial charge is 0.341 e. The van der Waals surface area contributed by atoms with E-state index in [1.165, 1.54) is 18.2 Å². The molecule has 0 bridgehead atoms. The predicted molar refractivity (Wildman–Crippen MR) is 82.3 cm³/mol. The number of nitrogens with zero attached hydrogens (tertiary/aromatic N) is 1. The highest BCUT2D eigenvalue weighted by Crippen LogP contribution is 2.30. The summed E-state index contributed by atoms with van der Waals surface area (Å²) in [6.45, 7) is 1.09. The van der Waals surface area contributed by atoms with Gasteiger partial charge in [-0.15, -0.1) is 0 Å². The highest BCUT2D eigenvalue weighted by atomic mass is 35.5. The minimum Gasteiger partial charge on any atom is -0.465 e. The van der Waals surface area contributed by atoms with Gasteiger partial charge in [0.05, 0.1) is 12.8 Å². The molecule has 0 aliphatic carbocycles. The van der Waals surface area contributed by atoms with Crippen LogP contribution >= 0.6 is 23.2 Å². The number of aromatic nitrogens is 1. The van der Waals surface area contributed by atoms with E-state index < -0.39 is 29.2 Å². The Bertz CT molecular complexity index is 775. The molecule has 0 N–H and O–H groups in total. The summed E-state index contributed by atoms with van der Waals surface area (Å²) in [5.41, 5.74) is 0.137. The summed E-state index contributed by atoms with van der Waals surface area (Å²) in [4.78, 5) is 26.7. The molecule has 0 spiro atoms. The number of hydrogen-bond acceptors (Lipinski definition) is 5. The summed E-state index contributed by atoms with van der Waals surface area (Å²) < 4.78 is 23.5. The van der Waals surface area contributed by atoms with Crippen molar-refractivity contribution in [3.63, 3.8) is 0 Å². The van der Waals surface area contributed by atoms with Gasteiger partial charge >= 0.3 is 11.9 Å². The van der Waals surface area contributed by atoms with Gasteiger partial charge in [-0.2, -0.15) is 0 Å². The maximum absolute atomic E-state index is 14.2. The highest BCUT2D eigenvalue weighted by molar-refractivity contribution is 6.35. The number of hydrogen-bond donors (Lipinski definition) is 0. The summed E-state index contributed by atoms with van der Waals surface area (Å²) in [5, 5.41) is 0.652. The second-order valence-electron chi connectivity index (χ2n) is 4.42. The van der Waals surface area contributed by atoms with Gasteiger partial charge in [-0.05, 0) is 24.3 Å². The monoisotopic (exact) mass is 357 g/mol. The van der Waals surface area contributed by atoms with Gasteiger partial charge in [0, 0.05) is 22.5 Å². The maximum atomic E-state index is 14.2. The van der Waals surface area contributed by atoms with Crippen LogP contribution in [0.1, 0.15) is 17.3 Å². The van der Waals surface area contributed by atoms with Gasteiger partial charge < -0.3 is 9.47 Å². The van der Waals surface area contributed by atoms with E-state index in [-0.39, 0.29) is 5.69 Å². The lowest BCUT2D eigenvalue weighted by molar-refractivity contribution is -0.132. The van der Waals surface area contributed by atoms with E-state index >= 15 is 0 Å². The standard InChI is InChI=1S/C15H10Cl2FNO4/c1-7(20)23-14-13(18)11(15(21)22-2)6-12(19-14)8-3-9(16)5-10(17)4-8/h3-6H,1-2H3. The molecule has 1 aromatic carbocycles. The van der Waals surface area contributed by atoms with Crippen LogP contribution in [-0.4, -0.2) is 24.0 Å². The minimum atomic E-state index is -1.09. The molecule has 120 valence electrons. The molecule has 23 heavy (non-hydrogen) atoms. The zero-order valence-electron chi connectivity index (χ0n) is 12.0. The predicted octanol–water partition coefficient (Wildman–Crippen LogP) is 3.91. The fraction of sp³-hybridized carbons (Fsp3) is 0.133. The van der Waals surface area contributed by atoms with E-state index in [9.17, 15) is 14.0 Å². The number of methoxy groups -OCH3 is 1. The Hall–Kier alpha value is -2.18. The zero-order chi connectivity index (χ0) is 17.1. The molecular formula is C15H10Cl2FNO4. The second kappa shape index (κ2) is 6.93. The van der Waals surface area contributed by atoms with Gasteiger partial charge in [0.25, 0.3) is 5.88 Å². The first-order valence-electron chi connectivity index (χ1n) is 6.25. The first-order chi connectivity index (χ1) is 10.8. The van der Waals surface area contributed by atoms with Crippen molar-refractivity contribution in [1.29, 1.82) is 0 Å². The molecule has 0 amide bonds. The average molecular weight is 358 g/mol. The van der Waals surface area contributed by atoms with Crippen molar-refractivity contribution in [3.8, 4) is 17.1 Å². The molecule has 0 saturated heterocycles. The summed E-state index contributed by atoms with van der Waals surface area (Å²) >= 11 is 11.8. The number of benzene rings is 1. The fourth-order valence-corrected chi connectivity index (χ4v) is 2.34. The van der Waals surface area contributed by atoms with Crippen LogP contribution in [0.3, 0.4) is 0 Å². The molecule has 0 radical (unpaired) electrons. The zero-order valence-corrected chi connectivity index (χ0v) is 13.5. The Kier molecular flexibility index (Phi) is 5.18. The normalized spacial score (nSPS) is 10.3. The van der Waals surface area contributed by atoms with Gasteiger partial charge in [0.15, 0.2) is 5.82 Å². The second-order valence-corrected chi connectivity index (χ2v) is 5.29. The SMILES string of the molecule is COC(=O)c1cc(-c2cc(Cl)cc(Cl)c2)nc(OC(C)=O)c1F. The molecule has 0 aliphatic heterocycles. The molecule has 2 aromatic rings. The van der Waals surface area contributed by atoms with Gasteiger partial charge in [-0.3, -0.25) is 4.79 Å². The number of rotatable bonds is 3. The molecule has 5 nitrogen and oxygen atoms in total. The Morgan fingerprint density at radius 3 is 2.26 bits per heavy atom. The van der Waals surface area contributed by atoms with Crippen LogP contribution in [-0.2, 0) is 9.53 Å².